The first-order valence-electron chi connectivity index (χ1n) is 8.72. The van der Waals surface area contributed by atoms with Crippen LogP contribution in [0.3, 0.4) is 0 Å². The lowest BCUT2D eigenvalue weighted by molar-refractivity contribution is -0.158. The standard InChI is InChI=1S/C17H23N5O2S/c1-24-17(3-5-18-6-4-17)16(23)22-9-7-21(8-10-22)15-14-13(2-11-25-14)19-12-20-15/h2,11-12,18H,3-10H2,1H3. The first-order valence-corrected chi connectivity index (χ1v) is 9.60. The number of ether oxygens (including phenoxy) is 1. The van der Waals surface area contributed by atoms with Crippen molar-refractivity contribution in [2.75, 3.05) is 51.3 Å². The molecule has 0 spiro atoms. The zero-order valence-electron chi connectivity index (χ0n) is 14.4. The van der Waals surface area contributed by atoms with Crippen molar-refractivity contribution < 1.29 is 9.53 Å². The van der Waals surface area contributed by atoms with Crippen LogP contribution in [0.4, 0.5) is 5.82 Å². The molecular weight excluding hydrogens is 338 g/mol. The van der Waals surface area contributed by atoms with Gasteiger partial charge in [0.05, 0.1) is 10.2 Å². The molecule has 0 aliphatic carbocycles. The van der Waals surface area contributed by atoms with E-state index in [1.165, 1.54) is 0 Å². The number of piperazine rings is 1. The monoisotopic (exact) mass is 361 g/mol. The molecule has 0 unspecified atom stereocenters. The Balaban J connectivity index is 1.46. The van der Waals surface area contributed by atoms with Gasteiger partial charge in [0.2, 0.25) is 0 Å². The molecule has 2 aliphatic rings. The number of fused-ring (bicyclic) bond motifs is 1. The molecule has 0 atom stereocenters. The van der Waals surface area contributed by atoms with Gasteiger partial charge in [0, 0.05) is 33.3 Å². The highest BCUT2D eigenvalue weighted by atomic mass is 32.1. The van der Waals surface area contributed by atoms with E-state index in [0.717, 1.165) is 55.1 Å². The van der Waals surface area contributed by atoms with Crippen molar-refractivity contribution in [3.8, 4) is 0 Å². The Bertz CT molecular complexity index is 750. The van der Waals surface area contributed by atoms with E-state index in [4.69, 9.17) is 4.74 Å². The number of methoxy groups -OCH3 is 1. The highest BCUT2D eigenvalue weighted by Gasteiger charge is 2.43. The fraction of sp³-hybridized carbons (Fsp3) is 0.588. The van der Waals surface area contributed by atoms with Crippen LogP contribution < -0.4 is 10.2 Å². The summed E-state index contributed by atoms with van der Waals surface area (Å²) in [5.74, 6) is 1.12. The summed E-state index contributed by atoms with van der Waals surface area (Å²) in [7, 11) is 1.66. The topological polar surface area (TPSA) is 70.6 Å². The van der Waals surface area contributed by atoms with Crippen LogP contribution in [0.2, 0.25) is 0 Å². The van der Waals surface area contributed by atoms with Crippen LogP contribution in [0.15, 0.2) is 17.8 Å². The molecule has 8 heteroatoms. The van der Waals surface area contributed by atoms with Crippen molar-refractivity contribution in [3.05, 3.63) is 17.8 Å². The maximum Gasteiger partial charge on any atom is 0.255 e. The van der Waals surface area contributed by atoms with Crippen molar-refractivity contribution in [1.82, 2.24) is 20.2 Å². The molecule has 0 radical (unpaired) electrons. The number of anilines is 1. The van der Waals surface area contributed by atoms with Crippen LogP contribution in [0.1, 0.15) is 12.8 Å². The van der Waals surface area contributed by atoms with Gasteiger partial charge in [-0.05, 0) is 37.4 Å². The molecule has 134 valence electrons. The van der Waals surface area contributed by atoms with Crippen molar-refractivity contribution >= 4 is 33.3 Å². The second kappa shape index (κ2) is 6.86. The summed E-state index contributed by atoms with van der Waals surface area (Å²) in [5.41, 5.74) is 0.338. The zero-order chi connectivity index (χ0) is 17.3. The van der Waals surface area contributed by atoms with Gasteiger partial charge >= 0.3 is 0 Å². The number of thiophene rings is 1. The van der Waals surface area contributed by atoms with Crippen molar-refractivity contribution in [1.29, 1.82) is 0 Å². The summed E-state index contributed by atoms with van der Waals surface area (Å²) >= 11 is 1.67. The number of hydrogen-bond acceptors (Lipinski definition) is 7. The first kappa shape index (κ1) is 16.7. The van der Waals surface area contributed by atoms with Gasteiger partial charge in [0.25, 0.3) is 5.91 Å². The molecule has 2 fully saturated rings. The van der Waals surface area contributed by atoms with Crippen molar-refractivity contribution in [3.63, 3.8) is 0 Å². The third-order valence-electron chi connectivity index (χ3n) is 5.28. The number of nitrogens with zero attached hydrogens (tertiary/aromatic N) is 4. The maximum atomic E-state index is 13.1. The fourth-order valence-corrected chi connectivity index (χ4v) is 4.61. The highest BCUT2D eigenvalue weighted by molar-refractivity contribution is 7.17. The molecule has 2 aromatic heterocycles. The van der Waals surface area contributed by atoms with Crippen LogP contribution >= 0.6 is 11.3 Å². The summed E-state index contributed by atoms with van der Waals surface area (Å²) in [4.78, 5) is 26.1. The molecule has 1 N–H and O–H groups in total. The number of carbonyl (C=O) groups is 1. The summed E-state index contributed by atoms with van der Waals surface area (Å²) in [6, 6.07) is 2.02. The van der Waals surface area contributed by atoms with E-state index in [-0.39, 0.29) is 5.91 Å². The lowest BCUT2D eigenvalue weighted by atomic mass is 9.90. The molecule has 4 heterocycles. The molecule has 0 aromatic carbocycles. The summed E-state index contributed by atoms with van der Waals surface area (Å²) in [6.45, 7) is 4.64. The Hall–Kier alpha value is -1.77. The average molecular weight is 361 g/mol. The number of hydrogen-bond donors (Lipinski definition) is 1. The Kier molecular flexibility index (Phi) is 4.58. The zero-order valence-corrected chi connectivity index (χ0v) is 15.2. The van der Waals surface area contributed by atoms with Gasteiger partial charge in [-0.25, -0.2) is 9.97 Å². The van der Waals surface area contributed by atoms with E-state index >= 15 is 0 Å². The predicted octanol–water partition coefficient (Wildman–Crippen LogP) is 1.11. The molecular formula is C17H23N5O2S. The second-order valence-corrected chi connectivity index (χ2v) is 7.48. The molecule has 0 bridgehead atoms. The summed E-state index contributed by atoms with van der Waals surface area (Å²) in [6.07, 6.45) is 3.10. The first-order chi connectivity index (χ1) is 12.2. The van der Waals surface area contributed by atoms with Gasteiger partial charge in [0.1, 0.15) is 17.7 Å². The third kappa shape index (κ3) is 2.98. The molecule has 7 nitrogen and oxygen atoms in total. The lowest BCUT2D eigenvalue weighted by Gasteiger charge is -2.42. The van der Waals surface area contributed by atoms with E-state index < -0.39 is 5.60 Å². The van der Waals surface area contributed by atoms with Gasteiger partial charge in [0.15, 0.2) is 0 Å². The Morgan fingerprint density at radius 1 is 1.24 bits per heavy atom. The van der Waals surface area contributed by atoms with E-state index in [1.54, 1.807) is 24.8 Å². The number of nitrogens with one attached hydrogen (secondary N) is 1. The van der Waals surface area contributed by atoms with E-state index in [0.29, 0.717) is 13.1 Å². The smallest absolute Gasteiger partial charge is 0.255 e. The molecule has 25 heavy (non-hydrogen) atoms. The number of amides is 1. The van der Waals surface area contributed by atoms with E-state index in [9.17, 15) is 4.79 Å². The SMILES string of the molecule is COC1(C(=O)N2CCN(c3ncnc4ccsc34)CC2)CCNCC1. The van der Waals surface area contributed by atoms with Gasteiger partial charge < -0.3 is 19.9 Å². The Morgan fingerprint density at radius 3 is 2.72 bits per heavy atom. The molecule has 4 rings (SSSR count). The van der Waals surface area contributed by atoms with Crippen LogP contribution in [-0.4, -0.2) is 72.8 Å². The molecule has 2 saturated heterocycles. The third-order valence-corrected chi connectivity index (χ3v) is 6.18. The number of rotatable bonds is 3. The normalized spacial score (nSPS) is 20.8. The predicted molar refractivity (Wildman–Crippen MR) is 98.1 cm³/mol. The molecule has 0 saturated carbocycles. The Morgan fingerprint density at radius 2 is 2.00 bits per heavy atom. The Labute approximate surface area is 151 Å². The lowest BCUT2D eigenvalue weighted by Crippen LogP contribution is -2.59. The largest absolute Gasteiger partial charge is 0.368 e. The van der Waals surface area contributed by atoms with Gasteiger partial charge in [-0.15, -0.1) is 11.3 Å². The highest BCUT2D eigenvalue weighted by Crippen LogP contribution is 2.30. The summed E-state index contributed by atoms with van der Waals surface area (Å²) < 4.78 is 6.81. The van der Waals surface area contributed by atoms with Gasteiger partial charge in [-0.3, -0.25) is 4.79 Å². The summed E-state index contributed by atoms with van der Waals surface area (Å²) in [5, 5.41) is 5.35. The number of aromatic nitrogens is 2. The van der Waals surface area contributed by atoms with Gasteiger partial charge in [-0.1, -0.05) is 0 Å². The second-order valence-electron chi connectivity index (χ2n) is 6.56. The molecule has 1 amide bonds. The number of piperidine rings is 1. The minimum atomic E-state index is -0.649. The van der Waals surface area contributed by atoms with E-state index in [1.807, 2.05) is 16.3 Å². The van der Waals surface area contributed by atoms with Crippen LogP contribution in [0.25, 0.3) is 10.2 Å². The van der Waals surface area contributed by atoms with Crippen LogP contribution in [-0.2, 0) is 9.53 Å². The maximum absolute atomic E-state index is 13.1. The van der Waals surface area contributed by atoms with Gasteiger partial charge in [-0.2, -0.15) is 0 Å². The minimum Gasteiger partial charge on any atom is -0.368 e. The average Bonchev–Trinajstić information content (AvgIpc) is 3.17. The van der Waals surface area contributed by atoms with Crippen molar-refractivity contribution in [2.24, 2.45) is 0 Å². The fourth-order valence-electron chi connectivity index (χ4n) is 3.75. The minimum absolute atomic E-state index is 0.139. The molecule has 2 aliphatic heterocycles. The van der Waals surface area contributed by atoms with Crippen molar-refractivity contribution in [2.45, 2.75) is 18.4 Å². The van der Waals surface area contributed by atoms with Crippen LogP contribution in [0.5, 0.6) is 0 Å². The van der Waals surface area contributed by atoms with Crippen LogP contribution in [0, 0.1) is 0 Å². The molecule has 2 aromatic rings. The quantitative estimate of drug-likeness (QED) is 0.883. The number of carbonyl (C=O) groups excluding carboxylic acids is 1. The van der Waals surface area contributed by atoms with E-state index in [2.05, 4.69) is 20.2 Å².